The Morgan fingerprint density at radius 3 is 2.12 bits per heavy atom. The van der Waals surface area contributed by atoms with Crippen molar-refractivity contribution in [3.05, 3.63) is 35.4 Å². The maximum Gasteiger partial charge on any atom is 0.0231 e. The molecule has 0 saturated carbocycles. The molecule has 16 heavy (non-hydrogen) atoms. The Hall–Kier alpha value is -0.490. The fourth-order valence-electron chi connectivity index (χ4n) is 1.94. The molecule has 1 aromatic carbocycles. The molecule has 0 radical (unpaired) electrons. The molecule has 90 valence electrons. The summed E-state index contributed by atoms with van der Waals surface area (Å²) in [7, 11) is 0. The molecule has 0 bridgehead atoms. The number of halogens is 1. The molecule has 0 heterocycles. The van der Waals surface area contributed by atoms with Gasteiger partial charge in [-0.3, -0.25) is 0 Å². The average molecular weight is 239 g/mol. The third-order valence-electron chi connectivity index (χ3n) is 3.10. The van der Waals surface area contributed by atoms with Crippen molar-refractivity contribution in [3.63, 3.8) is 0 Å². The molecular weight excluding hydrogens is 216 g/mol. The quantitative estimate of drug-likeness (QED) is 0.647. The van der Waals surface area contributed by atoms with E-state index in [1.165, 1.54) is 11.1 Å². The summed E-state index contributed by atoms with van der Waals surface area (Å²) in [4.78, 5) is 0. The van der Waals surface area contributed by atoms with E-state index in [0.717, 1.165) is 24.6 Å². The summed E-state index contributed by atoms with van der Waals surface area (Å²) in [6.45, 7) is 9.02. The Balaban J connectivity index is 2.78. The van der Waals surface area contributed by atoms with Crippen LogP contribution in [0.15, 0.2) is 24.3 Å². The van der Waals surface area contributed by atoms with E-state index in [2.05, 4.69) is 52.0 Å². The van der Waals surface area contributed by atoms with Gasteiger partial charge >= 0.3 is 0 Å². The van der Waals surface area contributed by atoms with Gasteiger partial charge in [-0.05, 0) is 35.3 Å². The topological polar surface area (TPSA) is 0 Å². The third kappa shape index (κ3) is 3.83. The van der Waals surface area contributed by atoms with Crippen LogP contribution in [0.3, 0.4) is 0 Å². The maximum absolute atomic E-state index is 5.84. The minimum Gasteiger partial charge on any atom is -0.127 e. The molecule has 0 spiro atoms. The zero-order valence-corrected chi connectivity index (χ0v) is 11.6. The number of alkyl halides is 1. The molecule has 0 unspecified atom stereocenters. The second-order valence-electron chi connectivity index (χ2n) is 5.62. The lowest BCUT2D eigenvalue weighted by Crippen LogP contribution is -2.17. The minimum absolute atomic E-state index is 0.193. The molecule has 0 saturated heterocycles. The van der Waals surface area contributed by atoms with Gasteiger partial charge in [0.25, 0.3) is 0 Å². The first kappa shape index (κ1) is 13.6. The highest BCUT2D eigenvalue weighted by Gasteiger charge is 2.19. The summed E-state index contributed by atoms with van der Waals surface area (Å²) < 4.78 is 0. The molecule has 0 aliphatic heterocycles. The van der Waals surface area contributed by atoms with Gasteiger partial charge < -0.3 is 0 Å². The lowest BCUT2D eigenvalue weighted by Gasteiger charge is -2.24. The van der Waals surface area contributed by atoms with Gasteiger partial charge in [-0.2, -0.15) is 0 Å². The summed E-state index contributed by atoms with van der Waals surface area (Å²) in [5, 5.41) is 0. The fourth-order valence-corrected chi connectivity index (χ4v) is 2.42. The van der Waals surface area contributed by atoms with Crippen molar-refractivity contribution in [2.24, 2.45) is 5.92 Å². The van der Waals surface area contributed by atoms with Crippen LogP contribution < -0.4 is 0 Å². The monoisotopic (exact) mass is 238 g/mol. The molecule has 0 amide bonds. The van der Waals surface area contributed by atoms with E-state index in [-0.39, 0.29) is 5.41 Å². The lowest BCUT2D eigenvalue weighted by molar-refractivity contribution is 0.509. The Morgan fingerprint density at radius 2 is 1.69 bits per heavy atom. The molecular formula is C15H23Cl. The second kappa shape index (κ2) is 5.72. The molecule has 1 heteroatoms. The normalized spacial score (nSPS) is 12.1. The standard InChI is InChI=1S/C15H23Cl/c1-12(2)11-13-5-7-14(8-6-13)15(3,4)9-10-16/h5-8,12H,9-11H2,1-4H3. The maximum atomic E-state index is 5.84. The van der Waals surface area contributed by atoms with Crippen molar-refractivity contribution in [1.82, 2.24) is 0 Å². The molecule has 0 fully saturated rings. The third-order valence-corrected chi connectivity index (χ3v) is 3.29. The summed E-state index contributed by atoms with van der Waals surface area (Å²) in [6, 6.07) is 9.02. The summed E-state index contributed by atoms with van der Waals surface area (Å²) in [5.41, 5.74) is 3.01. The molecule has 0 nitrogen and oxygen atoms in total. The number of rotatable bonds is 5. The molecule has 1 rings (SSSR count). The summed E-state index contributed by atoms with van der Waals surface area (Å²) >= 11 is 5.84. The van der Waals surface area contributed by atoms with E-state index in [1.54, 1.807) is 0 Å². The predicted octanol–water partition coefficient (Wildman–Crippen LogP) is 4.79. The summed E-state index contributed by atoms with van der Waals surface area (Å²) in [6.07, 6.45) is 2.19. The van der Waals surface area contributed by atoms with Crippen LogP contribution in [0.25, 0.3) is 0 Å². The van der Waals surface area contributed by atoms with E-state index >= 15 is 0 Å². The highest BCUT2D eigenvalue weighted by molar-refractivity contribution is 6.17. The molecule has 0 atom stereocenters. The van der Waals surface area contributed by atoms with Gasteiger partial charge in [0.1, 0.15) is 0 Å². The van der Waals surface area contributed by atoms with Gasteiger partial charge in [0.2, 0.25) is 0 Å². The minimum atomic E-state index is 0.193. The van der Waals surface area contributed by atoms with Gasteiger partial charge in [0.05, 0.1) is 0 Å². The Kier molecular flexibility index (Phi) is 4.86. The highest BCUT2D eigenvalue weighted by Crippen LogP contribution is 2.27. The Morgan fingerprint density at radius 1 is 1.12 bits per heavy atom. The van der Waals surface area contributed by atoms with Crippen LogP contribution in [0.4, 0.5) is 0 Å². The molecule has 0 aliphatic carbocycles. The Bertz CT molecular complexity index is 309. The number of hydrogen-bond donors (Lipinski definition) is 0. The van der Waals surface area contributed by atoms with Crippen molar-refractivity contribution in [2.45, 2.75) is 46.0 Å². The predicted molar refractivity (Wildman–Crippen MR) is 73.3 cm³/mol. The van der Waals surface area contributed by atoms with Crippen LogP contribution in [0.5, 0.6) is 0 Å². The van der Waals surface area contributed by atoms with E-state index in [4.69, 9.17) is 11.6 Å². The van der Waals surface area contributed by atoms with Crippen molar-refractivity contribution >= 4 is 11.6 Å². The van der Waals surface area contributed by atoms with Crippen molar-refractivity contribution < 1.29 is 0 Å². The zero-order chi connectivity index (χ0) is 12.2. The second-order valence-corrected chi connectivity index (χ2v) is 6.00. The summed E-state index contributed by atoms with van der Waals surface area (Å²) in [5.74, 6) is 1.45. The number of hydrogen-bond acceptors (Lipinski definition) is 0. The largest absolute Gasteiger partial charge is 0.127 e. The van der Waals surface area contributed by atoms with Crippen LogP contribution in [-0.4, -0.2) is 5.88 Å². The average Bonchev–Trinajstić information content (AvgIpc) is 2.17. The van der Waals surface area contributed by atoms with Crippen LogP contribution in [0, 0.1) is 5.92 Å². The molecule has 0 aliphatic rings. The molecule has 0 N–H and O–H groups in total. The van der Waals surface area contributed by atoms with Crippen LogP contribution >= 0.6 is 11.6 Å². The zero-order valence-electron chi connectivity index (χ0n) is 10.9. The van der Waals surface area contributed by atoms with Gasteiger partial charge in [-0.15, -0.1) is 11.6 Å². The Labute approximate surface area is 105 Å². The van der Waals surface area contributed by atoms with E-state index in [1.807, 2.05) is 0 Å². The van der Waals surface area contributed by atoms with E-state index in [9.17, 15) is 0 Å². The van der Waals surface area contributed by atoms with Crippen molar-refractivity contribution in [2.75, 3.05) is 5.88 Å². The van der Waals surface area contributed by atoms with Crippen LogP contribution in [-0.2, 0) is 11.8 Å². The highest BCUT2D eigenvalue weighted by atomic mass is 35.5. The smallest absolute Gasteiger partial charge is 0.0231 e. The first-order chi connectivity index (χ1) is 7.45. The van der Waals surface area contributed by atoms with Gasteiger partial charge in [-0.25, -0.2) is 0 Å². The van der Waals surface area contributed by atoms with Crippen molar-refractivity contribution in [3.8, 4) is 0 Å². The van der Waals surface area contributed by atoms with Gasteiger partial charge in [-0.1, -0.05) is 52.0 Å². The fraction of sp³-hybridized carbons (Fsp3) is 0.600. The van der Waals surface area contributed by atoms with Gasteiger partial charge in [0.15, 0.2) is 0 Å². The van der Waals surface area contributed by atoms with Crippen LogP contribution in [0.1, 0.15) is 45.2 Å². The van der Waals surface area contributed by atoms with E-state index in [0.29, 0.717) is 0 Å². The van der Waals surface area contributed by atoms with Gasteiger partial charge in [0, 0.05) is 5.88 Å². The SMILES string of the molecule is CC(C)Cc1ccc(C(C)(C)CCCl)cc1. The lowest BCUT2D eigenvalue weighted by atomic mass is 9.81. The van der Waals surface area contributed by atoms with Crippen LogP contribution in [0.2, 0.25) is 0 Å². The molecule has 0 aromatic heterocycles. The van der Waals surface area contributed by atoms with E-state index < -0.39 is 0 Å². The first-order valence-corrected chi connectivity index (χ1v) is 6.64. The van der Waals surface area contributed by atoms with Crippen molar-refractivity contribution in [1.29, 1.82) is 0 Å². The molecule has 1 aromatic rings. The first-order valence-electron chi connectivity index (χ1n) is 6.11. The number of benzene rings is 1.